The highest BCUT2D eigenvalue weighted by atomic mass is 16.5. The Balaban J connectivity index is 1.22. The molecule has 0 spiro atoms. The number of fused-ring (bicyclic) bond motifs is 2. The van der Waals surface area contributed by atoms with Crippen LogP contribution in [0.25, 0.3) is 11.2 Å². The highest BCUT2D eigenvalue weighted by Gasteiger charge is 2.25. The second-order valence-electron chi connectivity index (χ2n) is 9.11. The van der Waals surface area contributed by atoms with E-state index < -0.39 is 0 Å². The number of amides is 1. The molecule has 1 N–H and O–H groups in total. The number of carbonyl (C=O) groups is 1. The van der Waals surface area contributed by atoms with Crippen LogP contribution < -0.4 is 10.1 Å². The van der Waals surface area contributed by atoms with Crippen molar-refractivity contribution in [3.05, 3.63) is 85.2 Å². The third-order valence-electron chi connectivity index (χ3n) is 6.82. The van der Waals surface area contributed by atoms with Crippen LogP contribution in [0.5, 0.6) is 11.5 Å². The molecule has 1 aliphatic heterocycles. The molecular weight excluding hydrogens is 468 g/mol. The highest BCUT2D eigenvalue weighted by Crippen LogP contribution is 2.35. The Morgan fingerprint density at radius 2 is 1.84 bits per heavy atom. The Kier molecular flexibility index (Phi) is 5.76. The van der Waals surface area contributed by atoms with Crippen LogP contribution in [0.15, 0.2) is 74.1 Å². The molecule has 0 atom stereocenters. The fourth-order valence-corrected chi connectivity index (χ4v) is 4.90. The molecular formula is C27H26N8O2. The summed E-state index contributed by atoms with van der Waals surface area (Å²) >= 11 is 0. The first-order valence-corrected chi connectivity index (χ1v) is 12.2. The third kappa shape index (κ3) is 4.37. The number of nitrogens with one attached hydrogen (secondary N) is 1. The van der Waals surface area contributed by atoms with E-state index in [9.17, 15) is 4.79 Å². The van der Waals surface area contributed by atoms with Crippen LogP contribution in [0.3, 0.4) is 0 Å². The van der Waals surface area contributed by atoms with Crippen molar-refractivity contribution in [2.45, 2.75) is 25.7 Å². The topological polar surface area (TPSA) is 102 Å². The summed E-state index contributed by atoms with van der Waals surface area (Å²) in [5, 5.41) is 12.0. The van der Waals surface area contributed by atoms with Crippen LogP contribution in [-0.4, -0.2) is 53.1 Å². The second-order valence-corrected chi connectivity index (χ2v) is 9.11. The van der Waals surface area contributed by atoms with Gasteiger partial charge in [-0.15, -0.1) is 0 Å². The molecule has 0 aliphatic carbocycles. The summed E-state index contributed by atoms with van der Waals surface area (Å²) in [6.07, 6.45) is 10.0. The monoisotopic (exact) mass is 494 g/mol. The third-order valence-corrected chi connectivity index (χ3v) is 6.82. The van der Waals surface area contributed by atoms with Crippen LogP contribution in [0, 0.1) is 6.92 Å². The largest absolute Gasteiger partial charge is 0.457 e. The SMILES string of the molecule is C=CC(=O)N1CCC(c2ccn3ncnc(Nc4ccc(Oc5ccn6ncnc6c5)c(C)c4)c23)CC1. The molecule has 1 amide bonds. The van der Waals surface area contributed by atoms with Gasteiger partial charge in [-0.2, -0.15) is 10.2 Å². The number of anilines is 2. The summed E-state index contributed by atoms with van der Waals surface area (Å²) in [7, 11) is 0. The Bertz CT molecular complexity index is 1610. The first kappa shape index (κ1) is 22.7. The molecule has 0 saturated carbocycles. The van der Waals surface area contributed by atoms with Gasteiger partial charge in [0, 0.05) is 37.2 Å². The lowest BCUT2D eigenvalue weighted by molar-refractivity contribution is -0.127. The van der Waals surface area contributed by atoms with E-state index in [4.69, 9.17) is 4.74 Å². The predicted molar refractivity (Wildman–Crippen MR) is 139 cm³/mol. The van der Waals surface area contributed by atoms with Crippen molar-refractivity contribution in [2.75, 3.05) is 18.4 Å². The number of aromatic nitrogens is 6. The van der Waals surface area contributed by atoms with Crippen LogP contribution in [0.2, 0.25) is 0 Å². The van der Waals surface area contributed by atoms with Crippen LogP contribution in [0.4, 0.5) is 11.5 Å². The van der Waals surface area contributed by atoms with E-state index in [0.717, 1.165) is 46.8 Å². The molecule has 6 rings (SSSR count). The number of carbonyl (C=O) groups excluding carboxylic acids is 1. The zero-order valence-corrected chi connectivity index (χ0v) is 20.4. The molecule has 1 fully saturated rings. The zero-order valence-electron chi connectivity index (χ0n) is 20.4. The Labute approximate surface area is 213 Å². The first-order chi connectivity index (χ1) is 18.1. The molecule has 37 heavy (non-hydrogen) atoms. The number of benzene rings is 1. The van der Waals surface area contributed by atoms with Gasteiger partial charge in [-0.05, 0) is 73.2 Å². The molecule has 1 aromatic carbocycles. The van der Waals surface area contributed by atoms with E-state index in [1.807, 2.05) is 59.1 Å². The number of ether oxygens (including phenoxy) is 1. The Morgan fingerprint density at radius 1 is 1.05 bits per heavy atom. The van der Waals surface area contributed by atoms with E-state index >= 15 is 0 Å². The predicted octanol–water partition coefficient (Wildman–Crippen LogP) is 4.51. The van der Waals surface area contributed by atoms with Crippen molar-refractivity contribution in [3.63, 3.8) is 0 Å². The molecule has 10 nitrogen and oxygen atoms in total. The Hall–Kier alpha value is -4.73. The number of hydrogen-bond acceptors (Lipinski definition) is 7. The van der Waals surface area contributed by atoms with Crippen molar-refractivity contribution in [2.24, 2.45) is 0 Å². The molecule has 1 aliphatic rings. The van der Waals surface area contributed by atoms with Gasteiger partial charge in [0.05, 0.1) is 0 Å². The second kappa shape index (κ2) is 9.38. The van der Waals surface area contributed by atoms with E-state index in [1.165, 1.54) is 18.0 Å². The summed E-state index contributed by atoms with van der Waals surface area (Å²) in [6, 6.07) is 11.8. The number of hydrogen-bond donors (Lipinski definition) is 1. The molecule has 186 valence electrons. The molecule has 4 aromatic heterocycles. The summed E-state index contributed by atoms with van der Waals surface area (Å²) in [5.41, 5.74) is 4.75. The summed E-state index contributed by atoms with van der Waals surface area (Å²) in [6.45, 7) is 7.04. The van der Waals surface area contributed by atoms with Gasteiger partial charge in [0.1, 0.15) is 29.7 Å². The minimum atomic E-state index is -0.00671. The van der Waals surface area contributed by atoms with Gasteiger partial charge < -0.3 is 15.0 Å². The van der Waals surface area contributed by atoms with Crippen LogP contribution >= 0.6 is 0 Å². The van der Waals surface area contributed by atoms with Gasteiger partial charge in [0.2, 0.25) is 5.91 Å². The van der Waals surface area contributed by atoms with Crippen LogP contribution in [0.1, 0.15) is 29.9 Å². The fourth-order valence-electron chi connectivity index (χ4n) is 4.90. The smallest absolute Gasteiger partial charge is 0.245 e. The quantitative estimate of drug-likeness (QED) is 0.347. The molecule has 0 bridgehead atoms. The van der Waals surface area contributed by atoms with Gasteiger partial charge in [-0.25, -0.2) is 19.0 Å². The van der Waals surface area contributed by atoms with Gasteiger partial charge in [0.15, 0.2) is 11.5 Å². The minimum Gasteiger partial charge on any atom is -0.457 e. The summed E-state index contributed by atoms with van der Waals surface area (Å²) in [5.74, 6) is 2.51. The minimum absolute atomic E-state index is 0.00671. The maximum atomic E-state index is 12.0. The number of piperidine rings is 1. The maximum absolute atomic E-state index is 12.0. The number of rotatable bonds is 6. The molecule has 5 heterocycles. The molecule has 1 saturated heterocycles. The molecule has 0 unspecified atom stereocenters. The van der Waals surface area contributed by atoms with Gasteiger partial charge in [-0.3, -0.25) is 4.79 Å². The summed E-state index contributed by atoms with van der Waals surface area (Å²) in [4.78, 5) is 22.6. The number of aryl methyl sites for hydroxylation is 1. The fraction of sp³-hybridized carbons (Fsp3) is 0.222. The average Bonchev–Trinajstić information content (AvgIpc) is 3.57. The van der Waals surface area contributed by atoms with Crippen molar-refractivity contribution in [1.82, 2.24) is 34.1 Å². The lowest BCUT2D eigenvalue weighted by Crippen LogP contribution is -2.36. The zero-order chi connectivity index (χ0) is 25.4. The number of nitrogens with zero attached hydrogens (tertiary/aromatic N) is 7. The normalized spacial score (nSPS) is 14.2. The van der Waals surface area contributed by atoms with Crippen molar-refractivity contribution in [1.29, 1.82) is 0 Å². The standard InChI is InChI=1S/C27H26N8O2/c1-3-25(36)33-10-6-19(7-11-33)22-9-13-35-26(22)27(29-17-31-35)32-20-4-5-23(18(2)14-20)37-21-8-12-34-24(15-21)28-16-30-34/h3-5,8-9,12-17,19H,1,6-7,10-11H2,2H3,(H,29,31,32). The van der Waals surface area contributed by atoms with Crippen LogP contribution in [-0.2, 0) is 4.79 Å². The lowest BCUT2D eigenvalue weighted by Gasteiger charge is -2.31. The van der Waals surface area contributed by atoms with E-state index in [0.29, 0.717) is 24.8 Å². The van der Waals surface area contributed by atoms with Gasteiger partial charge in [-0.1, -0.05) is 6.58 Å². The molecule has 5 aromatic rings. The molecule has 0 radical (unpaired) electrons. The van der Waals surface area contributed by atoms with Crippen molar-refractivity contribution >= 4 is 28.6 Å². The maximum Gasteiger partial charge on any atom is 0.245 e. The van der Waals surface area contributed by atoms with E-state index in [2.05, 4.69) is 38.1 Å². The van der Waals surface area contributed by atoms with Crippen molar-refractivity contribution < 1.29 is 9.53 Å². The Morgan fingerprint density at radius 3 is 2.65 bits per heavy atom. The number of pyridine rings is 1. The van der Waals surface area contributed by atoms with E-state index in [-0.39, 0.29) is 5.91 Å². The lowest BCUT2D eigenvalue weighted by atomic mass is 9.90. The first-order valence-electron chi connectivity index (χ1n) is 12.2. The van der Waals surface area contributed by atoms with E-state index in [1.54, 1.807) is 10.8 Å². The highest BCUT2D eigenvalue weighted by molar-refractivity contribution is 5.87. The molecule has 10 heteroatoms. The van der Waals surface area contributed by atoms with Gasteiger partial charge in [0.25, 0.3) is 0 Å². The average molecular weight is 495 g/mol. The summed E-state index contributed by atoms with van der Waals surface area (Å²) < 4.78 is 9.66. The van der Waals surface area contributed by atoms with Gasteiger partial charge >= 0.3 is 0 Å². The number of likely N-dealkylation sites (tertiary alicyclic amines) is 1. The van der Waals surface area contributed by atoms with Crippen molar-refractivity contribution in [3.8, 4) is 11.5 Å².